The number of hydrogen-bond donors (Lipinski definition) is 3. The number of carbonyl (C=O) groups is 2. The SMILES string of the molecule is CCC(NC(=O)C1(c2ccc(N)cc2)CC1)C(=O)O. The maximum Gasteiger partial charge on any atom is 0.326 e. The lowest BCUT2D eigenvalue weighted by Gasteiger charge is -2.19. The van der Waals surface area contributed by atoms with Crippen molar-refractivity contribution in [2.24, 2.45) is 0 Å². The number of nitrogen functional groups attached to an aromatic ring is 1. The van der Waals surface area contributed by atoms with Crippen LogP contribution in [0.25, 0.3) is 0 Å². The minimum Gasteiger partial charge on any atom is -0.480 e. The number of aliphatic carboxylic acids is 1. The molecule has 102 valence electrons. The molecular weight excluding hydrogens is 244 g/mol. The normalized spacial score (nSPS) is 17.5. The summed E-state index contributed by atoms with van der Waals surface area (Å²) in [5.41, 5.74) is 6.62. The zero-order chi connectivity index (χ0) is 14.0. The predicted octanol–water partition coefficient (Wildman–Crippen LogP) is 1.28. The highest BCUT2D eigenvalue weighted by atomic mass is 16.4. The smallest absolute Gasteiger partial charge is 0.326 e. The third kappa shape index (κ3) is 2.54. The van der Waals surface area contributed by atoms with Crippen LogP contribution >= 0.6 is 0 Å². The summed E-state index contributed by atoms with van der Waals surface area (Å²) in [6.07, 6.45) is 1.87. The summed E-state index contributed by atoms with van der Waals surface area (Å²) in [5, 5.41) is 11.6. The first-order chi connectivity index (χ1) is 8.99. The summed E-state index contributed by atoms with van der Waals surface area (Å²) in [4.78, 5) is 23.2. The fourth-order valence-corrected chi connectivity index (χ4v) is 2.21. The van der Waals surface area contributed by atoms with Gasteiger partial charge in [0.1, 0.15) is 6.04 Å². The number of nitrogens with one attached hydrogen (secondary N) is 1. The molecule has 2 rings (SSSR count). The fraction of sp³-hybridized carbons (Fsp3) is 0.429. The second-order valence-electron chi connectivity index (χ2n) is 4.98. The van der Waals surface area contributed by atoms with E-state index in [1.165, 1.54) is 0 Å². The van der Waals surface area contributed by atoms with Gasteiger partial charge in [0.15, 0.2) is 0 Å². The van der Waals surface area contributed by atoms with Gasteiger partial charge in [-0.15, -0.1) is 0 Å². The van der Waals surface area contributed by atoms with Gasteiger partial charge in [0, 0.05) is 5.69 Å². The Labute approximate surface area is 111 Å². The van der Waals surface area contributed by atoms with E-state index in [0.29, 0.717) is 12.1 Å². The molecule has 1 aliphatic rings. The number of benzene rings is 1. The zero-order valence-electron chi connectivity index (χ0n) is 10.8. The number of carbonyl (C=O) groups excluding carboxylic acids is 1. The Hall–Kier alpha value is -2.04. The van der Waals surface area contributed by atoms with Crippen molar-refractivity contribution in [3.8, 4) is 0 Å². The van der Waals surface area contributed by atoms with Gasteiger partial charge in [-0.1, -0.05) is 19.1 Å². The summed E-state index contributed by atoms with van der Waals surface area (Å²) >= 11 is 0. The molecule has 1 atom stereocenters. The van der Waals surface area contributed by atoms with Crippen molar-refractivity contribution >= 4 is 17.6 Å². The van der Waals surface area contributed by atoms with E-state index < -0.39 is 17.4 Å². The van der Waals surface area contributed by atoms with Gasteiger partial charge in [-0.05, 0) is 37.0 Å². The second-order valence-corrected chi connectivity index (χ2v) is 4.98. The summed E-state index contributed by atoms with van der Waals surface area (Å²) < 4.78 is 0. The van der Waals surface area contributed by atoms with Crippen LogP contribution in [0.2, 0.25) is 0 Å². The summed E-state index contributed by atoms with van der Waals surface area (Å²) in [5.74, 6) is -1.20. The van der Waals surface area contributed by atoms with Gasteiger partial charge >= 0.3 is 5.97 Å². The van der Waals surface area contributed by atoms with E-state index >= 15 is 0 Å². The van der Waals surface area contributed by atoms with Gasteiger partial charge < -0.3 is 16.2 Å². The Kier molecular flexibility index (Phi) is 3.46. The van der Waals surface area contributed by atoms with Crippen LogP contribution in [0.1, 0.15) is 31.7 Å². The van der Waals surface area contributed by atoms with Gasteiger partial charge in [0.25, 0.3) is 0 Å². The first kappa shape index (κ1) is 13.4. The summed E-state index contributed by atoms with van der Waals surface area (Å²) in [7, 11) is 0. The first-order valence-electron chi connectivity index (χ1n) is 6.39. The molecule has 1 unspecified atom stereocenters. The Morgan fingerprint density at radius 2 is 1.95 bits per heavy atom. The maximum atomic E-state index is 12.3. The average Bonchev–Trinajstić information content (AvgIpc) is 3.17. The van der Waals surface area contributed by atoms with Crippen LogP contribution in [0.4, 0.5) is 5.69 Å². The number of carboxylic acids is 1. The van der Waals surface area contributed by atoms with Crippen molar-refractivity contribution in [2.75, 3.05) is 5.73 Å². The number of carboxylic acid groups (broad SMARTS) is 1. The number of amides is 1. The number of rotatable bonds is 5. The molecule has 0 heterocycles. The van der Waals surface area contributed by atoms with Crippen LogP contribution in [0, 0.1) is 0 Å². The summed E-state index contributed by atoms with van der Waals surface area (Å²) in [6.45, 7) is 1.74. The third-order valence-corrected chi connectivity index (χ3v) is 3.66. The van der Waals surface area contributed by atoms with E-state index in [-0.39, 0.29) is 5.91 Å². The molecule has 1 aliphatic carbocycles. The van der Waals surface area contributed by atoms with E-state index in [1.54, 1.807) is 19.1 Å². The molecule has 1 saturated carbocycles. The van der Waals surface area contributed by atoms with Crippen molar-refractivity contribution in [3.63, 3.8) is 0 Å². The highest BCUT2D eigenvalue weighted by molar-refractivity contribution is 5.94. The van der Waals surface area contributed by atoms with E-state index in [1.807, 2.05) is 12.1 Å². The Morgan fingerprint density at radius 3 is 2.37 bits per heavy atom. The van der Waals surface area contributed by atoms with Gasteiger partial charge in [-0.25, -0.2) is 4.79 Å². The van der Waals surface area contributed by atoms with Crippen LogP contribution in [-0.2, 0) is 15.0 Å². The van der Waals surface area contributed by atoms with Crippen molar-refractivity contribution in [2.45, 2.75) is 37.6 Å². The Bertz CT molecular complexity index is 492. The van der Waals surface area contributed by atoms with E-state index in [0.717, 1.165) is 18.4 Å². The molecule has 4 N–H and O–H groups in total. The molecular formula is C14H18N2O3. The highest BCUT2D eigenvalue weighted by Gasteiger charge is 2.51. The molecule has 19 heavy (non-hydrogen) atoms. The van der Waals surface area contributed by atoms with Crippen molar-refractivity contribution in [3.05, 3.63) is 29.8 Å². The second kappa shape index (κ2) is 4.91. The minimum absolute atomic E-state index is 0.202. The first-order valence-corrected chi connectivity index (χ1v) is 6.39. The van der Waals surface area contributed by atoms with E-state index in [2.05, 4.69) is 5.32 Å². The lowest BCUT2D eigenvalue weighted by Crippen LogP contribution is -2.45. The van der Waals surface area contributed by atoms with Crippen LogP contribution < -0.4 is 11.1 Å². The molecule has 1 aromatic rings. The van der Waals surface area contributed by atoms with Crippen molar-refractivity contribution in [1.29, 1.82) is 0 Å². The predicted molar refractivity (Wildman–Crippen MR) is 71.6 cm³/mol. The molecule has 5 nitrogen and oxygen atoms in total. The molecule has 1 amide bonds. The Morgan fingerprint density at radius 1 is 1.37 bits per heavy atom. The monoisotopic (exact) mass is 262 g/mol. The molecule has 0 radical (unpaired) electrons. The zero-order valence-corrected chi connectivity index (χ0v) is 10.8. The molecule has 0 aliphatic heterocycles. The van der Waals surface area contributed by atoms with Crippen molar-refractivity contribution in [1.82, 2.24) is 5.32 Å². The largest absolute Gasteiger partial charge is 0.480 e. The molecule has 1 fully saturated rings. The van der Waals surface area contributed by atoms with Gasteiger partial charge in [-0.3, -0.25) is 4.79 Å². The summed E-state index contributed by atoms with van der Waals surface area (Å²) in [6, 6.07) is 6.38. The lowest BCUT2D eigenvalue weighted by molar-refractivity contribution is -0.142. The number of nitrogens with two attached hydrogens (primary N) is 1. The number of hydrogen-bond acceptors (Lipinski definition) is 3. The van der Waals surface area contributed by atoms with Crippen LogP contribution in [0.15, 0.2) is 24.3 Å². The highest BCUT2D eigenvalue weighted by Crippen LogP contribution is 2.48. The van der Waals surface area contributed by atoms with Gasteiger partial charge in [0.2, 0.25) is 5.91 Å². The van der Waals surface area contributed by atoms with E-state index in [9.17, 15) is 9.59 Å². The maximum absolute atomic E-state index is 12.3. The quantitative estimate of drug-likeness (QED) is 0.697. The topological polar surface area (TPSA) is 92.4 Å². The molecule has 1 aromatic carbocycles. The molecule has 0 aromatic heterocycles. The Balaban J connectivity index is 2.14. The fourth-order valence-electron chi connectivity index (χ4n) is 2.21. The third-order valence-electron chi connectivity index (χ3n) is 3.66. The minimum atomic E-state index is -0.996. The lowest BCUT2D eigenvalue weighted by atomic mass is 9.94. The molecule has 5 heteroatoms. The standard InChI is InChI=1S/C14H18N2O3/c1-2-11(12(17)18)16-13(19)14(7-8-14)9-3-5-10(15)6-4-9/h3-6,11H,2,7-8,15H2,1H3,(H,16,19)(H,17,18). The average molecular weight is 262 g/mol. The van der Waals surface area contributed by atoms with Crippen LogP contribution in [0.3, 0.4) is 0 Å². The molecule has 0 bridgehead atoms. The molecule has 0 spiro atoms. The van der Waals surface area contributed by atoms with Gasteiger partial charge in [-0.2, -0.15) is 0 Å². The van der Waals surface area contributed by atoms with E-state index in [4.69, 9.17) is 10.8 Å². The number of anilines is 1. The molecule has 0 saturated heterocycles. The van der Waals surface area contributed by atoms with Crippen LogP contribution in [0.5, 0.6) is 0 Å². The van der Waals surface area contributed by atoms with Gasteiger partial charge in [0.05, 0.1) is 5.41 Å². The van der Waals surface area contributed by atoms with Crippen molar-refractivity contribution < 1.29 is 14.7 Å². The van der Waals surface area contributed by atoms with Crippen LogP contribution in [-0.4, -0.2) is 23.0 Å².